The van der Waals surface area contributed by atoms with E-state index in [2.05, 4.69) is 35.4 Å². The number of hydrogen-bond donors (Lipinski definition) is 1. The Kier molecular flexibility index (Phi) is 2.61. The molecule has 0 bridgehead atoms. The van der Waals surface area contributed by atoms with E-state index in [0.29, 0.717) is 5.92 Å². The molecule has 80 valence electrons. The topological polar surface area (TPSA) is 37.8 Å². The van der Waals surface area contributed by atoms with Crippen LogP contribution < -0.4 is 5.32 Å². The second-order valence-electron chi connectivity index (χ2n) is 3.94. The molecule has 0 aliphatic carbocycles. The molecular weight excluding hydrogens is 206 g/mol. The lowest BCUT2D eigenvalue weighted by atomic mass is 10.1. The highest BCUT2D eigenvalue weighted by atomic mass is 32.1. The highest BCUT2D eigenvalue weighted by Gasteiger charge is 2.14. The normalized spacial score (nSPS) is 11.3. The van der Waals surface area contributed by atoms with Crippen LogP contribution in [-0.4, -0.2) is 16.4 Å². The summed E-state index contributed by atoms with van der Waals surface area (Å²) >= 11 is 1.55. The zero-order valence-electron chi connectivity index (χ0n) is 9.46. The van der Waals surface area contributed by atoms with Crippen molar-refractivity contribution >= 4 is 27.4 Å². The monoisotopic (exact) mass is 221 g/mol. The fraction of sp³-hybridized carbons (Fsp3) is 0.455. The molecular formula is C11H15N3S. The molecule has 2 aromatic heterocycles. The molecule has 4 heteroatoms. The molecule has 15 heavy (non-hydrogen) atoms. The molecule has 0 saturated carbocycles. The van der Waals surface area contributed by atoms with Crippen LogP contribution in [-0.2, 0) is 0 Å². The molecule has 0 unspecified atom stereocenters. The minimum atomic E-state index is 0.427. The van der Waals surface area contributed by atoms with Gasteiger partial charge >= 0.3 is 0 Å². The molecule has 0 amide bonds. The van der Waals surface area contributed by atoms with Crippen LogP contribution in [0.1, 0.15) is 31.0 Å². The van der Waals surface area contributed by atoms with Crippen molar-refractivity contribution in [2.45, 2.75) is 26.7 Å². The maximum absolute atomic E-state index is 4.65. The van der Waals surface area contributed by atoms with Crippen LogP contribution in [0.15, 0.2) is 6.20 Å². The van der Waals surface area contributed by atoms with Crippen LogP contribution in [0.5, 0.6) is 0 Å². The molecule has 0 radical (unpaired) electrons. The van der Waals surface area contributed by atoms with Crippen molar-refractivity contribution < 1.29 is 0 Å². The number of aromatic nitrogens is 2. The largest absolute Gasteiger partial charge is 0.373 e. The van der Waals surface area contributed by atoms with E-state index in [9.17, 15) is 0 Å². The van der Waals surface area contributed by atoms with Crippen molar-refractivity contribution in [3.63, 3.8) is 0 Å². The summed E-state index contributed by atoms with van der Waals surface area (Å²) in [7, 11) is 1.91. The van der Waals surface area contributed by atoms with Crippen LogP contribution in [0.4, 0.5) is 5.82 Å². The fourth-order valence-electron chi connectivity index (χ4n) is 1.75. The summed E-state index contributed by atoms with van der Waals surface area (Å²) in [5.41, 5.74) is 2.33. The minimum absolute atomic E-state index is 0.427. The molecule has 0 aliphatic rings. The van der Waals surface area contributed by atoms with Gasteiger partial charge in [-0.2, -0.15) is 4.37 Å². The first-order valence-electron chi connectivity index (χ1n) is 5.07. The first-order chi connectivity index (χ1) is 7.15. The van der Waals surface area contributed by atoms with E-state index in [0.717, 1.165) is 11.5 Å². The Balaban J connectivity index is 2.80. The molecule has 0 atom stereocenters. The van der Waals surface area contributed by atoms with E-state index >= 15 is 0 Å². The lowest BCUT2D eigenvalue weighted by molar-refractivity contribution is 0.835. The molecule has 0 aromatic carbocycles. The summed E-state index contributed by atoms with van der Waals surface area (Å²) in [5.74, 6) is 1.40. The highest BCUT2D eigenvalue weighted by Crippen LogP contribution is 2.32. The summed E-state index contributed by atoms with van der Waals surface area (Å²) in [6.45, 7) is 6.41. The van der Waals surface area contributed by atoms with E-state index in [1.165, 1.54) is 15.6 Å². The quantitative estimate of drug-likeness (QED) is 0.846. The third-order valence-corrected chi connectivity index (χ3v) is 3.48. The standard InChI is InChI=1S/C11H15N3S/c1-6(2)9-8-5-13-15-10(8)7(3)11(12-4)14-9/h5-6H,1-4H3,(H,12,14). The SMILES string of the molecule is CNc1nc(C(C)C)c2cnsc2c1C. The Morgan fingerprint density at radius 2 is 2.13 bits per heavy atom. The molecule has 0 fully saturated rings. The zero-order chi connectivity index (χ0) is 11.0. The van der Waals surface area contributed by atoms with Gasteiger partial charge in [0.25, 0.3) is 0 Å². The summed E-state index contributed by atoms with van der Waals surface area (Å²) in [6.07, 6.45) is 1.93. The molecule has 3 nitrogen and oxygen atoms in total. The van der Waals surface area contributed by atoms with Crippen LogP contribution in [0.25, 0.3) is 10.1 Å². The lowest BCUT2D eigenvalue weighted by Crippen LogP contribution is -2.01. The average molecular weight is 221 g/mol. The number of hydrogen-bond acceptors (Lipinski definition) is 4. The number of pyridine rings is 1. The second kappa shape index (κ2) is 3.77. The van der Waals surface area contributed by atoms with Crippen LogP contribution in [0.3, 0.4) is 0 Å². The van der Waals surface area contributed by atoms with Crippen molar-refractivity contribution in [3.05, 3.63) is 17.5 Å². The smallest absolute Gasteiger partial charge is 0.130 e. The molecule has 2 rings (SSSR count). The van der Waals surface area contributed by atoms with Crippen LogP contribution in [0, 0.1) is 6.92 Å². The fourth-order valence-corrected chi connectivity index (χ4v) is 2.50. The Morgan fingerprint density at radius 3 is 2.73 bits per heavy atom. The Labute approximate surface area is 93.7 Å². The van der Waals surface area contributed by atoms with Gasteiger partial charge in [0.1, 0.15) is 5.82 Å². The molecule has 0 spiro atoms. The Morgan fingerprint density at radius 1 is 1.40 bits per heavy atom. The molecule has 2 aromatic rings. The number of rotatable bonds is 2. The maximum atomic E-state index is 4.65. The zero-order valence-corrected chi connectivity index (χ0v) is 10.3. The highest BCUT2D eigenvalue weighted by molar-refractivity contribution is 7.13. The second-order valence-corrected chi connectivity index (χ2v) is 4.75. The Bertz CT molecular complexity index is 488. The number of aryl methyl sites for hydroxylation is 1. The molecule has 0 saturated heterocycles. The van der Waals surface area contributed by atoms with Crippen molar-refractivity contribution in [3.8, 4) is 0 Å². The van der Waals surface area contributed by atoms with Crippen molar-refractivity contribution in [1.29, 1.82) is 0 Å². The predicted octanol–water partition coefficient (Wildman–Crippen LogP) is 3.16. The van der Waals surface area contributed by atoms with E-state index in [4.69, 9.17) is 0 Å². The van der Waals surface area contributed by atoms with E-state index in [1.807, 2.05) is 13.2 Å². The summed E-state index contributed by atoms with van der Waals surface area (Å²) in [5, 5.41) is 4.34. The van der Waals surface area contributed by atoms with Gasteiger partial charge in [-0.1, -0.05) is 13.8 Å². The van der Waals surface area contributed by atoms with Crippen molar-refractivity contribution in [2.75, 3.05) is 12.4 Å². The van der Waals surface area contributed by atoms with Crippen LogP contribution in [0.2, 0.25) is 0 Å². The van der Waals surface area contributed by atoms with Gasteiger partial charge in [-0.3, -0.25) is 0 Å². The van der Waals surface area contributed by atoms with Gasteiger partial charge < -0.3 is 5.32 Å². The van der Waals surface area contributed by atoms with Gasteiger partial charge in [-0.15, -0.1) is 0 Å². The lowest BCUT2D eigenvalue weighted by Gasteiger charge is -2.11. The number of fused-ring (bicyclic) bond motifs is 1. The number of anilines is 1. The number of nitrogens with zero attached hydrogens (tertiary/aromatic N) is 2. The predicted molar refractivity (Wildman–Crippen MR) is 65.8 cm³/mol. The first-order valence-corrected chi connectivity index (χ1v) is 5.85. The van der Waals surface area contributed by atoms with E-state index in [-0.39, 0.29) is 0 Å². The van der Waals surface area contributed by atoms with Gasteiger partial charge in [0.15, 0.2) is 0 Å². The number of nitrogens with one attached hydrogen (secondary N) is 1. The average Bonchev–Trinajstić information content (AvgIpc) is 2.67. The summed E-state index contributed by atoms with van der Waals surface area (Å²) < 4.78 is 5.50. The van der Waals surface area contributed by atoms with Crippen LogP contribution >= 0.6 is 11.5 Å². The van der Waals surface area contributed by atoms with Gasteiger partial charge in [-0.25, -0.2) is 4.98 Å². The van der Waals surface area contributed by atoms with Crippen molar-refractivity contribution in [2.24, 2.45) is 0 Å². The molecule has 1 N–H and O–H groups in total. The minimum Gasteiger partial charge on any atom is -0.373 e. The molecule has 0 aliphatic heterocycles. The van der Waals surface area contributed by atoms with Gasteiger partial charge in [0, 0.05) is 18.0 Å². The van der Waals surface area contributed by atoms with E-state index < -0.39 is 0 Å². The van der Waals surface area contributed by atoms with Gasteiger partial charge in [0.2, 0.25) is 0 Å². The first kappa shape index (κ1) is 10.4. The third-order valence-electron chi connectivity index (χ3n) is 2.56. The Hall–Kier alpha value is -1.16. The molecule has 2 heterocycles. The summed E-state index contributed by atoms with van der Waals surface area (Å²) in [4.78, 5) is 4.65. The maximum Gasteiger partial charge on any atom is 0.130 e. The van der Waals surface area contributed by atoms with Gasteiger partial charge in [0.05, 0.1) is 16.6 Å². The van der Waals surface area contributed by atoms with Gasteiger partial charge in [-0.05, 0) is 24.4 Å². The van der Waals surface area contributed by atoms with Crippen molar-refractivity contribution in [1.82, 2.24) is 9.36 Å². The third kappa shape index (κ3) is 1.59. The summed E-state index contributed by atoms with van der Waals surface area (Å²) in [6, 6.07) is 0. The van der Waals surface area contributed by atoms with E-state index in [1.54, 1.807) is 11.5 Å².